The molecule has 0 aliphatic carbocycles. The molecule has 2 aromatic rings. The van der Waals surface area contributed by atoms with Crippen molar-refractivity contribution in [2.75, 3.05) is 6.54 Å². The normalized spacial score (nSPS) is 12.0. The maximum atomic E-state index is 12.5. The number of hydrogen-bond donors (Lipinski definition) is 1. The van der Waals surface area contributed by atoms with Gasteiger partial charge in [-0.3, -0.25) is 9.48 Å². The molecule has 0 radical (unpaired) electrons. The van der Waals surface area contributed by atoms with Gasteiger partial charge in [0.2, 0.25) is 0 Å². The number of likely N-dealkylation sites (N-methyl/N-ethyl adjacent to an activating group) is 1. The molecule has 1 heterocycles. The van der Waals surface area contributed by atoms with Crippen LogP contribution in [-0.4, -0.2) is 27.6 Å². The van der Waals surface area contributed by atoms with E-state index < -0.39 is 5.54 Å². The second kappa shape index (κ2) is 5.75. The summed E-state index contributed by atoms with van der Waals surface area (Å²) in [7, 11) is 0. The Morgan fingerprint density at radius 1 is 1.30 bits per heavy atom. The molecule has 108 valence electrons. The van der Waals surface area contributed by atoms with Gasteiger partial charge in [-0.2, -0.15) is 5.10 Å². The lowest BCUT2D eigenvalue weighted by molar-refractivity contribution is -0.123. The third-order valence-corrected chi connectivity index (χ3v) is 3.68. The largest absolute Gasteiger partial charge is 0.306 e. The summed E-state index contributed by atoms with van der Waals surface area (Å²) in [5.41, 5.74) is 1.46. The first-order valence-corrected chi connectivity index (χ1v) is 7.22. The Morgan fingerprint density at radius 2 is 2.00 bits per heavy atom. The van der Waals surface area contributed by atoms with Crippen LogP contribution in [0.15, 0.2) is 24.3 Å². The summed E-state index contributed by atoms with van der Waals surface area (Å²) in [6, 6.07) is 8.09. The summed E-state index contributed by atoms with van der Waals surface area (Å²) in [4.78, 5) is 12.5. The molecular weight excluding hydrogens is 250 g/mol. The number of aromatic nitrogens is 2. The number of carbonyl (C=O) groups excluding carboxylic acids is 1. The average molecular weight is 273 g/mol. The standard InChI is InChI=1S/C16H23N3O/c1-5-17-16(3,4)15(20)11-13-12-9-7-8-10-14(12)19(6-2)18-13/h7-10,17H,5-6,11H2,1-4H3. The van der Waals surface area contributed by atoms with Crippen LogP contribution < -0.4 is 5.32 Å². The third kappa shape index (κ3) is 2.75. The van der Waals surface area contributed by atoms with Gasteiger partial charge in [-0.25, -0.2) is 0 Å². The van der Waals surface area contributed by atoms with Crippen LogP contribution in [0.1, 0.15) is 33.4 Å². The molecule has 2 rings (SSSR count). The van der Waals surface area contributed by atoms with E-state index in [0.717, 1.165) is 29.7 Å². The number of hydrogen-bond acceptors (Lipinski definition) is 3. The Morgan fingerprint density at radius 3 is 2.65 bits per heavy atom. The summed E-state index contributed by atoms with van der Waals surface area (Å²) < 4.78 is 1.96. The zero-order chi connectivity index (χ0) is 14.8. The van der Waals surface area contributed by atoms with Crippen LogP contribution >= 0.6 is 0 Å². The molecule has 0 unspecified atom stereocenters. The second-order valence-electron chi connectivity index (χ2n) is 5.53. The molecule has 20 heavy (non-hydrogen) atoms. The summed E-state index contributed by atoms with van der Waals surface area (Å²) in [6.07, 6.45) is 0.369. The Bertz CT molecular complexity index is 613. The number of Topliss-reactive ketones (excluding diaryl/α,β-unsaturated/α-hetero) is 1. The summed E-state index contributed by atoms with van der Waals surface area (Å²) in [5.74, 6) is 0.172. The fourth-order valence-corrected chi connectivity index (χ4v) is 2.48. The third-order valence-electron chi connectivity index (χ3n) is 3.68. The number of rotatable bonds is 6. The Labute approximate surface area is 120 Å². The van der Waals surface area contributed by atoms with Crippen molar-refractivity contribution < 1.29 is 4.79 Å². The molecule has 0 saturated carbocycles. The number of ketones is 1. The molecule has 0 fully saturated rings. The topological polar surface area (TPSA) is 46.9 Å². The number of carbonyl (C=O) groups is 1. The van der Waals surface area contributed by atoms with Crippen molar-refractivity contribution in [1.29, 1.82) is 0 Å². The molecule has 1 aromatic heterocycles. The lowest BCUT2D eigenvalue weighted by atomic mass is 9.94. The second-order valence-corrected chi connectivity index (χ2v) is 5.53. The van der Waals surface area contributed by atoms with Gasteiger partial charge < -0.3 is 5.32 Å². The molecular formula is C16H23N3O. The van der Waals surface area contributed by atoms with Gasteiger partial charge in [0.1, 0.15) is 0 Å². The summed E-state index contributed by atoms with van der Waals surface area (Å²) >= 11 is 0. The molecule has 0 saturated heterocycles. The van der Waals surface area contributed by atoms with Crippen LogP contribution in [0.4, 0.5) is 0 Å². The summed E-state index contributed by atoms with van der Waals surface area (Å²) in [6.45, 7) is 9.52. The highest BCUT2D eigenvalue weighted by molar-refractivity contribution is 5.93. The number of aryl methyl sites for hydroxylation is 1. The van der Waals surface area contributed by atoms with Crippen molar-refractivity contribution in [3.05, 3.63) is 30.0 Å². The van der Waals surface area contributed by atoms with E-state index in [-0.39, 0.29) is 5.78 Å². The molecule has 0 spiro atoms. The molecule has 1 N–H and O–H groups in total. The van der Waals surface area contributed by atoms with Crippen molar-refractivity contribution in [3.8, 4) is 0 Å². The van der Waals surface area contributed by atoms with Crippen molar-refractivity contribution >= 4 is 16.7 Å². The van der Waals surface area contributed by atoms with E-state index in [1.165, 1.54) is 0 Å². The SMILES string of the molecule is CCNC(C)(C)C(=O)Cc1nn(CC)c2ccccc12. The van der Waals surface area contributed by atoms with Crippen molar-refractivity contribution in [1.82, 2.24) is 15.1 Å². The maximum Gasteiger partial charge on any atom is 0.158 e. The van der Waals surface area contributed by atoms with Crippen LogP contribution in [0.3, 0.4) is 0 Å². The predicted molar refractivity (Wildman–Crippen MR) is 81.9 cm³/mol. The molecule has 4 nitrogen and oxygen atoms in total. The number of para-hydroxylation sites is 1. The van der Waals surface area contributed by atoms with E-state index in [1.807, 2.05) is 43.7 Å². The van der Waals surface area contributed by atoms with E-state index in [2.05, 4.69) is 23.4 Å². The Kier molecular flexibility index (Phi) is 4.23. The minimum absolute atomic E-state index is 0.172. The monoisotopic (exact) mass is 273 g/mol. The predicted octanol–water partition coefficient (Wildman–Crippen LogP) is 2.56. The van der Waals surface area contributed by atoms with Gasteiger partial charge in [0, 0.05) is 11.9 Å². The minimum Gasteiger partial charge on any atom is -0.306 e. The Balaban J connectivity index is 2.33. The van der Waals surface area contributed by atoms with E-state index in [0.29, 0.717) is 6.42 Å². The average Bonchev–Trinajstić information content (AvgIpc) is 2.77. The zero-order valence-electron chi connectivity index (χ0n) is 12.7. The van der Waals surface area contributed by atoms with Crippen molar-refractivity contribution in [2.45, 2.75) is 46.2 Å². The number of fused-ring (bicyclic) bond motifs is 1. The van der Waals surface area contributed by atoms with Crippen LogP contribution in [0.25, 0.3) is 10.9 Å². The number of nitrogens with one attached hydrogen (secondary N) is 1. The zero-order valence-corrected chi connectivity index (χ0v) is 12.7. The van der Waals surface area contributed by atoms with Gasteiger partial charge in [-0.15, -0.1) is 0 Å². The highest BCUT2D eigenvalue weighted by Crippen LogP contribution is 2.20. The van der Waals surface area contributed by atoms with E-state index >= 15 is 0 Å². The lowest BCUT2D eigenvalue weighted by Crippen LogP contribution is -2.47. The van der Waals surface area contributed by atoms with E-state index in [9.17, 15) is 4.79 Å². The molecule has 0 aliphatic rings. The lowest BCUT2D eigenvalue weighted by Gasteiger charge is -2.23. The van der Waals surface area contributed by atoms with Gasteiger partial charge in [0.15, 0.2) is 5.78 Å². The first-order chi connectivity index (χ1) is 9.49. The molecule has 1 aromatic carbocycles. The molecule has 0 atom stereocenters. The van der Waals surface area contributed by atoms with Gasteiger partial charge >= 0.3 is 0 Å². The molecule has 4 heteroatoms. The number of benzene rings is 1. The minimum atomic E-state index is -0.508. The van der Waals surface area contributed by atoms with Crippen molar-refractivity contribution in [2.24, 2.45) is 0 Å². The first kappa shape index (κ1) is 14.7. The fourth-order valence-electron chi connectivity index (χ4n) is 2.48. The fraction of sp³-hybridized carbons (Fsp3) is 0.500. The van der Waals surface area contributed by atoms with Crippen LogP contribution in [0, 0.1) is 0 Å². The van der Waals surface area contributed by atoms with Crippen molar-refractivity contribution in [3.63, 3.8) is 0 Å². The van der Waals surface area contributed by atoms with Gasteiger partial charge in [-0.05, 0) is 33.4 Å². The first-order valence-electron chi connectivity index (χ1n) is 7.22. The smallest absolute Gasteiger partial charge is 0.158 e. The van der Waals surface area contributed by atoms with Gasteiger partial charge in [0.25, 0.3) is 0 Å². The van der Waals surface area contributed by atoms with E-state index in [1.54, 1.807) is 0 Å². The quantitative estimate of drug-likeness (QED) is 0.880. The van der Waals surface area contributed by atoms with Gasteiger partial charge in [0.05, 0.1) is 23.2 Å². The summed E-state index contributed by atoms with van der Waals surface area (Å²) in [5, 5.41) is 8.89. The van der Waals surface area contributed by atoms with Crippen LogP contribution in [-0.2, 0) is 17.8 Å². The highest BCUT2D eigenvalue weighted by Gasteiger charge is 2.27. The van der Waals surface area contributed by atoms with Gasteiger partial charge in [-0.1, -0.05) is 25.1 Å². The maximum absolute atomic E-state index is 12.5. The molecule has 0 aliphatic heterocycles. The van der Waals surface area contributed by atoms with Crippen LogP contribution in [0.5, 0.6) is 0 Å². The van der Waals surface area contributed by atoms with Crippen LogP contribution in [0.2, 0.25) is 0 Å². The Hall–Kier alpha value is -1.68. The molecule has 0 bridgehead atoms. The number of nitrogens with zero attached hydrogens (tertiary/aromatic N) is 2. The molecule has 0 amide bonds. The highest BCUT2D eigenvalue weighted by atomic mass is 16.1. The van der Waals surface area contributed by atoms with E-state index in [4.69, 9.17) is 0 Å².